The van der Waals surface area contributed by atoms with E-state index in [1.807, 2.05) is 60.7 Å². The van der Waals surface area contributed by atoms with E-state index in [2.05, 4.69) is 4.98 Å². The molecule has 4 aromatic rings. The van der Waals surface area contributed by atoms with Crippen molar-refractivity contribution in [3.63, 3.8) is 0 Å². The molecule has 31 heavy (non-hydrogen) atoms. The highest BCUT2D eigenvalue weighted by atomic mass is 19.1. The lowest BCUT2D eigenvalue weighted by atomic mass is 10.0. The molecule has 0 amide bonds. The third-order valence-corrected chi connectivity index (χ3v) is 4.65. The molecule has 0 aliphatic heterocycles. The minimum absolute atomic E-state index is 0.244. The standard InChI is InChI=1S/C26H20FNO3/c27-23-14-21(16-29)13-22(15-23)24-11-12-25(30-17-19-7-3-1-4-8-19)28-26(24)31-18-20-9-5-2-6-10-20/h1-16H,17-18H2. The number of hydrogen-bond acceptors (Lipinski definition) is 4. The number of hydrogen-bond donors (Lipinski definition) is 0. The van der Waals surface area contributed by atoms with Crippen molar-refractivity contribution in [3.8, 4) is 22.9 Å². The van der Waals surface area contributed by atoms with Crippen LogP contribution in [0.1, 0.15) is 21.5 Å². The van der Waals surface area contributed by atoms with Gasteiger partial charge in [0.15, 0.2) is 0 Å². The Balaban J connectivity index is 1.64. The predicted molar refractivity (Wildman–Crippen MR) is 117 cm³/mol. The summed E-state index contributed by atoms with van der Waals surface area (Å²) in [6.07, 6.45) is 0.613. The lowest BCUT2D eigenvalue weighted by molar-refractivity contribution is 0.112. The van der Waals surface area contributed by atoms with E-state index >= 15 is 0 Å². The number of pyridine rings is 1. The first kappa shape index (κ1) is 20.3. The molecule has 4 rings (SSSR count). The molecule has 0 atom stereocenters. The Morgan fingerprint density at radius 3 is 2.06 bits per heavy atom. The predicted octanol–water partition coefficient (Wildman–Crippen LogP) is 5.86. The quantitative estimate of drug-likeness (QED) is 0.340. The maximum atomic E-state index is 14.0. The van der Waals surface area contributed by atoms with Crippen LogP contribution in [0.5, 0.6) is 11.8 Å². The molecule has 0 fully saturated rings. The van der Waals surface area contributed by atoms with Crippen LogP contribution in [-0.4, -0.2) is 11.3 Å². The van der Waals surface area contributed by atoms with Crippen LogP contribution in [0.3, 0.4) is 0 Å². The Kier molecular flexibility index (Phi) is 6.33. The summed E-state index contributed by atoms with van der Waals surface area (Å²) in [4.78, 5) is 15.7. The Morgan fingerprint density at radius 2 is 1.42 bits per heavy atom. The fraction of sp³-hybridized carbons (Fsp3) is 0.0769. The number of carbonyl (C=O) groups excluding carboxylic acids is 1. The van der Waals surface area contributed by atoms with Crippen LogP contribution >= 0.6 is 0 Å². The number of ether oxygens (including phenoxy) is 2. The zero-order chi connectivity index (χ0) is 21.5. The molecule has 5 heteroatoms. The molecule has 0 aliphatic rings. The lowest BCUT2D eigenvalue weighted by Gasteiger charge is -2.14. The first-order chi connectivity index (χ1) is 15.2. The molecule has 0 radical (unpaired) electrons. The number of aromatic nitrogens is 1. The first-order valence-corrected chi connectivity index (χ1v) is 9.82. The van der Waals surface area contributed by atoms with Crippen molar-refractivity contribution in [3.05, 3.63) is 114 Å². The van der Waals surface area contributed by atoms with Gasteiger partial charge in [0.2, 0.25) is 11.8 Å². The van der Waals surface area contributed by atoms with E-state index in [4.69, 9.17) is 9.47 Å². The Hall–Kier alpha value is -3.99. The summed E-state index contributed by atoms with van der Waals surface area (Å²) >= 11 is 0. The maximum absolute atomic E-state index is 14.0. The average molecular weight is 413 g/mol. The number of aldehydes is 1. The summed E-state index contributed by atoms with van der Waals surface area (Å²) in [6.45, 7) is 0.652. The second kappa shape index (κ2) is 9.67. The van der Waals surface area contributed by atoms with E-state index in [0.29, 0.717) is 42.4 Å². The van der Waals surface area contributed by atoms with E-state index in [-0.39, 0.29) is 5.56 Å². The SMILES string of the molecule is O=Cc1cc(F)cc(-c2ccc(OCc3ccccc3)nc2OCc2ccccc2)c1. The normalized spacial score (nSPS) is 10.5. The van der Waals surface area contributed by atoms with Crippen LogP contribution in [0.25, 0.3) is 11.1 Å². The summed E-state index contributed by atoms with van der Waals surface area (Å²) in [5.74, 6) is 0.192. The summed E-state index contributed by atoms with van der Waals surface area (Å²) in [6, 6.07) is 27.0. The van der Waals surface area contributed by atoms with Gasteiger partial charge in [0, 0.05) is 17.2 Å². The van der Waals surface area contributed by atoms with Crippen LogP contribution in [0.4, 0.5) is 4.39 Å². The van der Waals surface area contributed by atoms with Gasteiger partial charge in [-0.3, -0.25) is 4.79 Å². The van der Waals surface area contributed by atoms with Crippen molar-refractivity contribution in [2.45, 2.75) is 13.2 Å². The minimum Gasteiger partial charge on any atom is -0.473 e. The summed E-state index contributed by atoms with van der Waals surface area (Å²) in [7, 11) is 0. The number of rotatable bonds is 8. The Labute approximate surface area is 179 Å². The van der Waals surface area contributed by atoms with Crippen molar-refractivity contribution >= 4 is 6.29 Å². The molecule has 0 saturated carbocycles. The maximum Gasteiger partial charge on any atom is 0.225 e. The molecule has 0 unspecified atom stereocenters. The van der Waals surface area contributed by atoms with E-state index in [9.17, 15) is 9.18 Å². The molecule has 0 aliphatic carbocycles. The highest BCUT2D eigenvalue weighted by Crippen LogP contribution is 2.32. The molecule has 4 nitrogen and oxygen atoms in total. The van der Waals surface area contributed by atoms with Gasteiger partial charge in [-0.25, -0.2) is 4.39 Å². The molecule has 1 heterocycles. The average Bonchev–Trinajstić information content (AvgIpc) is 2.82. The van der Waals surface area contributed by atoms with Crippen LogP contribution < -0.4 is 9.47 Å². The number of benzene rings is 3. The van der Waals surface area contributed by atoms with Gasteiger partial charge in [0.05, 0.1) is 0 Å². The van der Waals surface area contributed by atoms with Gasteiger partial charge in [-0.15, -0.1) is 0 Å². The zero-order valence-electron chi connectivity index (χ0n) is 16.7. The number of halogens is 1. The van der Waals surface area contributed by atoms with Gasteiger partial charge >= 0.3 is 0 Å². The fourth-order valence-electron chi connectivity index (χ4n) is 3.13. The van der Waals surface area contributed by atoms with Crippen molar-refractivity contribution in [1.29, 1.82) is 0 Å². The van der Waals surface area contributed by atoms with Crippen LogP contribution in [0, 0.1) is 5.82 Å². The van der Waals surface area contributed by atoms with Crippen molar-refractivity contribution in [1.82, 2.24) is 4.98 Å². The lowest BCUT2D eigenvalue weighted by Crippen LogP contribution is -2.02. The summed E-state index contributed by atoms with van der Waals surface area (Å²) in [5, 5.41) is 0. The first-order valence-electron chi connectivity index (χ1n) is 9.82. The third kappa shape index (κ3) is 5.34. The number of carbonyl (C=O) groups is 1. The topological polar surface area (TPSA) is 48.4 Å². The van der Waals surface area contributed by atoms with E-state index in [1.54, 1.807) is 18.2 Å². The number of nitrogens with zero attached hydrogens (tertiary/aromatic N) is 1. The highest BCUT2D eigenvalue weighted by Gasteiger charge is 2.13. The monoisotopic (exact) mass is 413 g/mol. The van der Waals surface area contributed by atoms with Crippen molar-refractivity contribution < 1.29 is 18.7 Å². The van der Waals surface area contributed by atoms with Gasteiger partial charge in [0.1, 0.15) is 25.3 Å². The Morgan fingerprint density at radius 1 is 0.774 bits per heavy atom. The minimum atomic E-state index is -0.502. The molecule has 1 aromatic heterocycles. The van der Waals surface area contributed by atoms with Gasteiger partial charge in [-0.05, 0) is 41.0 Å². The van der Waals surface area contributed by atoms with Crippen molar-refractivity contribution in [2.75, 3.05) is 0 Å². The zero-order valence-corrected chi connectivity index (χ0v) is 16.7. The van der Waals surface area contributed by atoms with E-state index in [1.165, 1.54) is 12.1 Å². The Bertz CT molecular complexity index is 1160. The van der Waals surface area contributed by atoms with Gasteiger partial charge in [-0.1, -0.05) is 60.7 Å². The molecule has 154 valence electrons. The van der Waals surface area contributed by atoms with Crippen LogP contribution in [-0.2, 0) is 13.2 Å². The van der Waals surface area contributed by atoms with Gasteiger partial charge in [-0.2, -0.15) is 4.98 Å². The molecule has 0 N–H and O–H groups in total. The smallest absolute Gasteiger partial charge is 0.225 e. The molecular weight excluding hydrogens is 393 g/mol. The molecular formula is C26H20FNO3. The highest BCUT2D eigenvalue weighted by molar-refractivity contribution is 5.80. The van der Waals surface area contributed by atoms with Crippen LogP contribution in [0.15, 0.2) is 91.0 Å². The van der Waals surface area contributed by atoms with E-state index < -0.39 is 5.82 Å². The van der Waals surface area contributed by atoms with Crippen molar-refractivity contribution in [2.24, 2.45) is 0 Å². The summed E-state index contributed by atoms with van der Waals surface area (Å²) < 4.78 is 25.8. The largest absolute Gasteiger partial charge is 0.473 e. The molecule has 3 aromatic carbocycles. The summed E-state index contributed by atoms with van der Waals surface area (Å²) in [5.41, 5.74) is 3.31. The third-order valence-electron chi connectivity index (χ3n) is 4.65. The molecule has 0 bridgehead atoms. The van der Waals surface area contributed by atoms with Gasteiger partial charge < -0.3 is 9.47 Å². The van der Waals surface area contributed by atoms with Crippen LogP contribution in [0.2, 0.25) is 0 Å². The fourth-order valence-corrected chi connectivity index (χ4v) is 3.13. The second-order valence-electron chi connectivity index (χ2n) is 6.94. The van der Waals surface area contributed by atoms with Gasteiger partial charge in [0.25, 0.3) is 0 Å². The molecule has 0 spiro atoms. The van der Waals surface area contributed by atoms with E-state index in [0.717, 1.165) is 11.1 Å². The molecule has 0 saturated heterocycles. The second-order valence-corrected chi connectivity index (χ2v) is 6.94.